The number of allylic oxidation sites excluding steroid dienone is 1. The Hall–Kier alpha value is -2.57. The van der Waals surface area contributed by atoms with E-state index in [1.165, 1.54) is 0 Å². The molecule has 0 saturated carbocycles. The van der Waals surface area contributed by atoms with E-state index in [2.05, 4.69) is 22.9 Å². The van der Waals surface area contributed by atoms with Gasteiger partial charge >= 0.3 is 0 Å². The Morgan fingerprint density at radius 3 is 2.61 bits per heavy atom. The molecular formula is C24H30ClN5O. The van der Waals surface area contributed by atoms with Crippen LogP contribution in [0.2, 0.25) is 5.02 Å². The summed E-state index contributed by atoms with van der Waals surface area (Å²) in [6, 6.07) is 7.48. The zero-order valence-corrected chi connectivity index (χ0v) is 18.8. The lowest BCUT2D eigenvalue weighted by Gasteiger charge is -2.39. The summed E-state index contributed by atoms with van der Waals surface area (Å²) >= 11 is 6.10. The summed E-state index contributed by atoms with van der Waals surface area (Å²) in [6.07, 6.45) is 8.80. The molecule has 3 heterocycles. The fourth-order valence-corrected chi connectivity index (χ4v) is 4.64. The minimum Gasteiger partial charge on any atom is -0.343 e. The number of rotatable bonds is 4. The normalized spacial score (nSPS) is 20.9. The number of benzene rings is 1. The fraction of sp³-hybridized carbons (Fsp3) is 0.417. The van der Waals surface area contributed by atoms with Crippen LogP contribution in [0.5, 0.6) is 0 Å². The van der Waals surface area contributed by atoms with Crippen LogP contribution in [0.4, 0.5) is 5.82 Å². The van der Waals surface area contributed by atoms with Gasteiger partial charge in [0, 0.05) is 43.0 Å². The van der Waals surface area contributed by atoms with E-state index >= 15 is 0 Å². The van der Waals surface area contributed by atoms with Crippen LogP contribution in [0.3, 0.4) is 0 Å². The van der Waals surface area contributed by atoms with E-state index in [-0.39, 0.29) is 11.9 Å². The molecule has 31 heavy (non-hydrogen) atoms. The molecule has 0 bridgehead atoms. The molecule has 7 heteroatoms. The Balaban J connectivity index is 1.79. The molecule has 0 spiro atoms. The van der Waals surface area contributed by atoms with Gasteiger partial charge in [-0.2, -0.15) is 0 Å². The number of carbonyl (C=O) groups is 1. The lowest BCUT2D eigenvalue weighted by atomic mass is 10.00. The molecule has 2 aliphatic heterocycles. The Morgan fingerprint density at radius 2 is 1.94 bits per heavy atom. The maximum absolute atomic E-state index is 13.4. The van der Waals surface area contributed by atoms with Gasteiger partial charge in [0.05, 0.1) is 11.0 Å². The molecule has 2 fully saturated rings. The minimum atomic E-state index is -0.179. The van der Waals surface area contributed by atoms with Crippen molar-refractivity contribution < 1.29 is 4.79 Å². The Labute approximate surface area is 188 Å². The number of nitrogens with one attached hydrogen (secondary N) is 1. The fourth-order valence-electron chi connectivity index (χ4n) is 4.52. The molecule has 1 atom stereocenters. The average Bonchev–Trinajstić information content (AvgIpc) is 3.18. The summed E-state index contributed by atoms with van der Waals surface area (Å²) in [6.45, 7) is 9.98. The summed E-state index contributed by atoms with van der Waals surface area (Å²) < 4.78 is 1.93. The number of anilines is 1. The van der Waals surface area contributed by atoms with E-state index in [0.717, 1.165) is 74.1 Å². The van der Waals surface area contributed by atoms with Gasteiger partial charge in [0.25, 0.3) is 0 Å². The summed E-state index contributed by atoms with van der Waals surface area (Å²) in [5, 5.41) is 11.0. The molecule has 1 N–H and O–H groups in total. The van der Waals surface area contributed by atoms with Gasteiger partial charge in [-0.25, -0.2) is 4.68 Å². The van der Waals surface area contributed by atoms with Crippen LogP contribution >= 0.6 is 11.6 Å². The molecule has 0 radical (unpaired) electrons. The Morgan fingerprint density at radius 1 is 1.19 bits per heavy atom. The third-order valence-electron chi connectivity index (χ3n) is 6.06. The molecule has 1 aromatic heterocycles. The first kappa shape index (κ1) is 21.7. The van der Waals surface area contributed by atoms with Gasteiger partial charge in [0.2, 0.25) is 5.91 Å². The highest BCUT2D eigenvalue weighted by atomic mass is 35.5. The summed E-state index contributed by atoms with van der Waals surface area (Å²) in [5.41, 5.74) is 0.935. The van der Waals surface area contributed by atoms with Gasteiger partial charge in [0.1, 0.15) is 6.04 Å². The first-order chi connectivity index (χ1) is 15.1. The van der Waals surface area contributed by atoms with Gasteiger partial charge in [0.15, 0.2) is 5.82 Å². The number of amides is 1. The first-order valence-electron chi connectivity index (χ1n) is 11.0. The first-order valence-corrected chi connectivity index (χ1v) is 11.4. The standard InChI is InChI=1S/C24H30ClN5O/c1-3-7-20-21(4-2)30(19-11-9-18(25)10-12-19)27-23(20)29-15-6-5-8-22(29)24(31)28-16-13-26-14-17-28/h3-4,7,9-12,22,26H,1,5-6,8,13-17H2,2H3/b20-7+,21-4+. The van der Waals surface area contributed by atoms with Crippen LogP contribution in [0.1, 0.15) is 26.2 Å². The number of aromatic nitrogens is 2. The average molecular weight is 440 g/mol. The molecule has 2 aromatic rings. The predicted molar refractivity (Wildman–Crippen MR) is 127 cm³/mol. The van der Waals surface area contributed by atoms with Crippen molar-refractivity contribution in [3.8, 4) is 5.69 Å². The lowest BCUT2D eigenvalue weighted by molar-refractivity contribution is -0.133. The number of hydrogen-bond acceptors (Lipinski definition) is 4. The monoisotopic (exact) mass is 439 g/mol. The smallest absolute Gasteiger partial charge is 0.245 e. The Bertz CT molecular complexity index is 1050. The van der Waals surface area contributed by atoms with Crippen molar-refractivity contribution in [1.29, 1.82) is 0 Å². The van der Waals surface area contributed by atoms with Crippen LogP contribution in [-0.2, 0) is 4.79 Å². The Kier molecular flexibility index (Phi) is 6.78. The van der Waals surface area contributed by atoms with Gasteiger partial charge in [-0.1, -0.05) is 30.3 Å². The molecule has 6 nitrogen and oxygen atoms in total. The van der Waals surface area contributed by atoms with Gasteiger partial charge in [-0.05, 0) is 56.5 Å². The summed E-state index contributed by atoms with van der Waals surface area (Å²) in [4.78, 5) is 17.7. The third-order valence-corrected chi connectivity index (χ3v) is 6.31. The largest absolute Gasteiger partial charge is 0.343 e. The topological polar surface area (TPSA) is 53.4 Å². The summed E-state index contributed by atoms with van der Waals surface area (Å²) in [7, 11) is 0. The molecular weight excluding hydrogens is 410 g/mol. The van der Waals surface area contributed by atoms with E-state index in [4.69, 9.17) is 16.7 Å². The van der Waals surface area contributed by atoms with E-state index in [9.17, 15) is 4.79 Å². The van der Waals surface area contributed by atoms with E-state index in [0.29, 0.717) is 5.02 Å². The van der Waals surface area contributed by atoms with E-state index in [1.54, 1.807) is 6.08 Å². The molecule has 2 saturated heterocycles. The molecule has 1 unspecified atom stereocenters. The van der Waals surface area contributed by atoms with Crippen molar-refractivity contribution in [2.45, 2.75) is 32.2 Å². The highest BCUT2D eigenvalue weighted by Gasteiger charge is 2.34. The van der Waals surface area contributed by atoms with Crippen molar-refractivity contribution >= 4 is 35.5 Å². The quantitative estimate of drug-likeness (QED) is 0.792. The zero-order chi connectivity index (χ0) is 21.8. The van der Waals surface area contributed by atoms with Crippen LogP contribution in [0.15, 0.2) is 36.9 Å². The SMILES string of the molecule is C=C/C=c1/c(N2CCCCC2C(=O)N2CCNCC2)nn(-c2ccc(Cl)cc2)/c1=C/C. The molecule has 0 aliphatic carbocycles. The van der Waals surface area contributed by atoms with Crippen LogP contribution in [0, 0.1) is 0 Å². The number of piperazine rings is 1. The van der Waals surface area contributed by atoms with Crippen molar-refractivity contribution in [2.24, 2.45) is 0 Å². The number of hydrogen-bond donors (Lipinski definition) is 1. The number of piperidine rings is 1. The number of halogens is 1. The van der Waals surface area contributed by atoms with Crippen molar-refractivity contribution in [1.82, 2.24) is 20.0 Å². The van der Waals surface area contributed by atoms with Gasteiger partial charge in [-0.15, -0.1) is 5.10 Å². The highest BCUT2D eigenvalue weighted by molar-refractivity contribution is 6.30. The minimum absolute atomic E-state index is 0.179. The van der Waals surface area contributed by atoms with Gasteiger partial charge in [-0.3, -0.25) is 4.79 Å². The van der Waals surface area contributed by atoms with Crippen molar-refractivity contribution in [3.05, 3.63) is 52.5 Å². The third kappa shape index (κ3) is 4.41. The molecule has 1 aromatic carbocycles. The second-order valence-corrected chi connectivity index (χ2v) is 8.42. The highest BCUT2D eigenvalue weighted by Crippen LogP contribution is 2.23. The second-order valence-electron chi connectivity index (χ2n) is 7.98. The van der Waals surface area contributed by atoms with Gasteiger partial charge < -0.3 is 15.1 Å². The second kappa shape index (κ2) is 9.71. The zero-order valence-electron chi connectivity index (χ0n) is 18.1. The molecule has 1 amide bonds. The maximum Gasteiger partial charge on any atom is 0.245 e. The number of nitrogens with zero attached hydrogens (tertiary/aromatic N) is 4. The van der Waals surface area contributed by atoms with E-state index < -0.39 is 0 Å². The van der Waals surface area contributed by atoms with Crippen molar-refractivity contribution in [2.75, 3.05) is 37.6 Å². The number of carbonyl (C=O) groups excluding carboxylic acids is 1. The summed E-state index contributed by atoms with van der Waals surface area (Å²) in [5.74, 6) is 1.06. The van der Waals surface area contributed by atoms with Crippen LogP contribution < -0.4 is 20.8 Å². The molecule has 2 aliphatic rings. The van der Waals surface area contributed by atoms with E-state index in [1.807, 2.05) is 46.8 Å². The van der Waals surface area contributed by atoms with Crippen LogP contribution in [0.25, 0.3) is 17.8 Å². The maximum atomic E-state index is 13.4. The van der Waals surface area contributed by atoms with Crippen LogP contribution in [-0.4, -0.2) is 59.4 Å². The molecule has 164 valence electrons. The van der Waals surface area contributed by atoms with Crippen molar-refractivity contribution in [3.63, 3.8) is 0 Å². The molecule has 4 rings (SSSR count). The lowest BCUT2D eigenvalue weighted by Crippen LogP contribution is -2.56. The predicted octanol–water partition coefficient (Wildman–Crippen LogP) is 2.08.